The van der Waals surface area contributed by atoms with Gasteiger partial charge in [0.15, 0.2) is 0 Å². The molecule has 0 bridgehead atoms. The molecule has 0 spiro atoms. The zero-order valence-corrected chi connectivity index (χ0v) is 15.6. The van der Waals surface area contributed by atoms with Crippen LogP contribution in [0.4, 0.5) is 0 Å². The molecule has 1 aliphatic heterocycles. The van der Waals surface area contributed by atoms with Crippen LogP contribution in [-0.4, -0.2) is 61.9 Å². The highest BCUT2D eigenvalue weighted by atomic mass is 16.5. The summed E-state index contributed by atoms with van der Waals surface area (Å²) in [4.78, 5) is 25.3. The second-order valence-electron chi connectivity index (χ2n) is 6.42. The first-order chi connectivity index (χ1) is 12.5. The SMILES string of the molecule is COc1ccc(CCCC(=O)N2CC(OC)CC2CC(=O)O)c(OC)c1. The third-order valence-corrected chi connectivity index (χ3v) is 4.77. The number of carboxylic acid groups (broad SMARTS) is 1. The van der Waals surface area contributed by atoms with E-state index in [1.54, 1.807) is 26.2 Å². The molecule has 0 saturated carbocycles. The van der Waals surface area contributed by atoms with E-state index in [1.165, 1.54) is 0 Å². The second kappa shape index (κ2) is 9.43. The number of hydrogen-bond acceptors (Lipinski definition) is 5. The number of aliphatic carboxylic acids is 1. The van der Waals surface area contributed by atoms with Crippen molar-refractivity contribution >= 4 is 11.9 Å². The lowest BCUT2D eigenvalue weighted by atomic mass is 10.1. The predicted molar refractivity (Wildman–Crippen MR) is 95.7 cm³/mol. The fraction of sp³-hybridized carbons (Fsp3) is 0.579. The summed E-state index contributed by atoms with van der Waals surface area (Å²) in [6.07, 6.45) is 2.16. The van der Waals surface area contributed by atoms with E-state index in [4.69, 9.17) is 19.3 Å². The number of hydrogen-bond donors (Lipinski definition) is 1. The third-order valence-electron chi connectivity index (χ3n) is 4.77. The number of carbonyl (C=O) groups excluding carboxylic acids is 1. The highest BCUT2D eigenvalue weighted by Gasteiger charge is 2.36. The fourth-order valence-electron chi connectivity index (χ4n) is 3.38. The van der Waals surface area contributed by atoms with E-state index < -0.39 is 5.97 Å². The Bertz CT molecular complexity index is 632. The van der Waals surface area contributed by atoms with Gasteiger partial charge in [-0.2, -0.15) is 0 Å². The van der Waals surface area contributed by atoms with Crippen molar-refractivity contribution in [2.24, 2.45) is 0 Å². The van der Waals surface area contributed by atoms with Gasteiger partial charge in [0.1, 0.15) is 11.5 Å². The molecule has 1 N–H and O–H groups in total. The standard InChI is InChI=1S/C19H27NO6/c1-24-15-8-7-13(17(11-15)26-3)5-4-6-18(21)20-12-16(25-2)9-14(20)10-19(22)23/h7-8,11,14,16H,4-6,9-10,12H2,1-3H3,(H,22,23). The van der Waals surface area contributed by atoms with Crippen molar-refractivity contribution in [3.63, 3.8) is 0 Å². The van der Waals surface area contributed by atoms with Crippen molar-refractivity contribution in [3.05, 3.63) is 23.8 Å². The second-order valence-corrected chi connectivity index (χ2v) is 6.42. The van der Waals surface area contributed by atoms with Gasteiger partial charge in [-0.05, 0) is 30.9 Å². The maximum absolute atomic E-state index is 12.6. The predicted octanol–water partition coefficient (Wildman–Crippen LogP) is 2.12. The van der Waals surface area contributed by atoms with E-state index in [0.29, 0.717) is 32.2 Å². The number of carboxylic acids is 1. The van der Waals surface area contributed by atoms with E-state index >= 15 is 0 Å². The lowest BCUT2D eigenvalue weighted by Crippen LogP contribution is -2.37. The molecular formula is C19H27NO6. The van der Waals surface area contributed by atoms with Crippen LogP contribution in [0.5, 0.6) is 11.5 Å². The van der Waals surface area contributed by atoms with E-state index in [0.717, 1.165) is 17.1 Å². The quantitative estimate of drug-likeness (QED) is 0.721. The smallest absolute Gasteiger partial charge is 0.305 e. The largest absolute Gasteiger partial charge is 0.497 e. The van der Waals surface area contributed by atoms with Crippen molar-refractivity contribution in [1.29, 1.82) is 0 Å². The van der Waals surface area contributed by atoms with E-state index in [1.807, 2.05) is 18.2 Å². The number of nitrogens with zero attached hydrogens (tertiary/aromatic N) is 1. The first-order valence-corrected chi connectivity index (χ1v) is 8.73. The summed E-state index contributed by atoms with van der Waals surface area (Å²) in [5, 5.41) is 9.05. The van der Waals surface area contributed by atoms with Crippen LogP contribution < -0.4 is 9.47 Å². The summed E-state index contributed by atoms with van der Waals surface area (Å²) in [5.74, 6) is 0.540. The zero-order chi connectivity index (χ0) is 19.1. The normalized spacial score (nSPS) is 19.4. The molecule has 1 fully saturated rings. The van der Waals surface area contributed by atoms with Crippen LogP contribution in [0.1, 0.15) is 31.2 Å². The molecule has 1 amide bonds. The summed E-state index contributed by atoms with van der Waals surface area (Å²) in [5.41, 5.74) is 1.01. The lowest BCUT2D eigenvalue weighted by Gasteiger charge is -2.23. The molecule has 0 aliphatic carbocycles. The topological polar surface area (TPSA) is 85.3 Å². The highest BCUT2D eigenvalue weighted by molar-refractivity contribution is 5.78. The molecule has 26 heavy (non-hydrogen) atoms. The molecule has 2 rings (SSSR count). The summed E-state index contributed by atoms with van der Waals surface area (Å²) in [6.45, 7) is 0.457. The Labute approximate surface area is 153 Å². The number of methoxy groups -OCH3 is 3. The van der Waals surface area contributed by atoms with Crippen LogP contribution in [-0.2, 0) is 20.7 Å². The van der Waals surface area contributed by atoms with Gasteiger partial charge in [-0.1, -0.05) is 6.07 Å². The Kier molecular flexibility index (Phi) is 7.26. The highest BCUT2D eigenvalue weighted by Crippen LogP contribution is 2.27. The maximum Gasteiger partial charge on any atom is 0.305 e. The minimum atomic E-state index is -0.896. The molecule has 144 valence electrons. The van der Waals surface area contributed by atoms with Crippen LogP contribution >= 0.6 is 0 Å². The van der Waals surface area contributed by atoms with E-state index in [9.17, 15) is 9.59 Å². The molecule has 7 nitrogen and oxygen atoms in total. The number of likely N-dealkylation sites (tertiary alicyclic amines) is 1. The molecule has 2 atom stereocenters. The molecule has 0 aromatic heterocycles. The number of rotatable bonds is 9. The lowest BCUT2D eigenvalue weighted by molar-refractivity contribution is -0.139. The summed E-state index contributed by atoms with van der Waals surface area (Å²) in [6, 6.07) is 5.34. The van der Waals surface area contributed by atoms with Gasteiger partial charge in [-0.3, -0.25) is 9.59 Å². The number of carbonyl (C=O) groups is 2. The van der Waals surface area contributed by atoms with Gasteiger partial charge >= 0.3 is 5.97 Å². The first-order valence-electron chi connectivity index (χ1n) is 8.73. The van der Waals surface area contributed by atoms with Crippen LogP contribution in [0.25, 0.3) is 0 Å². The molecule has 1 saturated heterocycles. The zero-order valence-electron chi connectivity index (χ0n) is 15.6. The summed E-state index contributed by atoms with van der Waals surface area (Å²) < 4.78 is 15.9. The number of amides is 1. The molecular weight excluding hydrogens is 338 g/mol. The Morgan fingerprint density at radius 1 is 1.23 bits per heavy atom. The number of aryl methyl sites for hydroxylation is 1. The first kappa shape index (κ1) is 20.0. The average molecular weight is 365 g/mol. The molecule has 7 heteroatoms. The molecule has 0 radical (unpaired) electrons. The van der Waals surface area contributed by atoms with Crippen molar-refractivity contribution < 1.29 is 28.9 Å². The van der Waals surface area contributed by atoms with Gasteiger partial charge in [-0.15, -0.1) is 0 Å². The summed E-state index contributed by atoms with van der Waals surface area (Å²) in [7, 11) is 4.80. The molecule has 1 aliphatic rings. The Morgan fingerprint density at radius 2 is 2.00 bits per heavy atom. The van der Waals surface area contributed by atoms with Crippen LogP contribution in [0.3, 0.4) is 0 Å². The molecule has 2 unspecified atom stereocenters. The maximum atomic E-state index is 12.6. The van der Waals surface area contributed by atoms with Gasteiger partial charge in [0.25, 0.3) is 0 Å². The van der Waals surface area contributed by atoms with Crippen LogP contribution in [0.15, 0.2) is 18.2 Å². The minimum Gasteiger partial charge on any atom is -0.497 e. The number of benzene rings is 1. The minimum absolute atomic E-state index is 0.0247. The Balaban J connectivity index is 1.92. The molecule has 1 aromatic carbocycles. The average Bonchev–Trinajstić information content (AvgIpc) is 3.04. The van der Waals surface area contributed by atoms with E-state index in [2.05, 4.69) is 0 Å². The Hall–Kier alpha value is -2.28. The fourth-order valence-corrected chi connectivity index (χ4v) is 3.38. The van der Waals surface area contributed by atoms with Crippen molar-refractivity contribution in [1.82, 2.24) is 4.90 Å². The van der Waals surface area contributed by atoms with Gasteiger partial charge in [0, 0.05) is 32.2 Å². The monoisotopic (exact) mass is 365 g/mol. The van der Waals surface area contributed by atoms with Gasteiger partial charge in [-0.25, -0.2) is 0 Å². The third kappa shape index (κ3) is 5.11. The Morgan fingerprint density at radius 3 is 2.62 bits per heavy atom. The van der Waals surface area contributed by atoms with Crippen LogP contribution in [0, 0.1) is 0 Å². The van der Waals surface area contributed by atoms with Gasteiger partial charge < -0.3 is 24.2 Å². The number of ether oxygens (including phenoxy) is 3. The van der Waals surface area contributed by atoms with Crippen molar-refractivity contribution in [3.8, 4) is 11.5 Å². The van der Waals surface area contributed by atoms with Crippen molar-refractivity contribution in [2.75, 3.05) is 27.9 Å². The van der Waals surface area contributed by atoms with Gasteiger partial charge in [0.2, 0.25) is 5.91 Å². The summed E-state index contributed by atoms with van der Waals surface area (Å²) >= 11 is 0. The van der Waals surface area contributed by atoms with Gasteiger partial charge in [0.05, 0.1) is 26.7 Å². The molecule has 1 aromatic rings. The van der Waals surface area contributed by atoms with Crippen molar-refractivity contribution in [2.45, 2.75) is 44.2 Å². The molecule has 1 heterocycles. The van der Waals surface area contributed by atoms with E-state index in [-0.39, 0.29) is 24.5 Å². The van der Waals surface area contributed by atoms with Crippen LogP contribution in [0.2, 0.25) is 0 Å².